The summed E-state index contributed by atoms with van der Waals surface area (Å²) >= 11 is 0. The van der Waals surface area contributed by atoms with E-state index in [-0.39, 0.29) is 0 Å². The van der Waals surface area contributed by atoms with E-state index in [2.05, 4.69) is 11.8 Å². The molecule has 1 aliphatic carbocycles. The molecule has 20 heavy (non-hydrogen) atoms. The van der Waals surface area contributed by atoms with Crippen molar-refractivity contribution < 1.29 is 9.90 Å². The van der Waals surface area contributed by atoms with E-state index in [9.17, 15) is 9.90 Å². The van der Waals surface area contributed by atoms with Gasteiger partial charge in [0.05, 0.1) is 5.41 Å². The van der Waals surface area contributed by atoms with Crippen LogP contribution < -0.4 is 0 Å². The maximum absolute atomic E-state index is 11.5. The highest BCUT2D eigenvalue weighted by molar-refractivity contribution is 5.74. The van der Waals surface area contributed by atoms with Gasteiger partial charge in [-0.2, -0.15) is 0 Å². The molecule has 1 saturated carbocycles. The fourth-order valence-electron chi connectivity index (χ4n) is 3.93. The summed E-state index contributed by atoms with van der Waals surface area (Å²) in [5.74, 6) is 0.532. The highest BCUT2D eigenvalue weighted by atomic mass is 16.4. The lowest BCUT2D eigenvalue weighted by molar-refractivity contribution is -0.151. The fraction of sp³-hybridized carbons (Fsp3) is 0.941. The molecule has 0 amide bonds. The molecule has 1 saturated heterocycles. The predicted molar refractivity (Wildman–Crippen MR) is 81.8 cm³/mol. The van der Waals surface area contributed by atoms with Crippen LogP contribution >= 0.6 is 0 Å². The Morgan fingerprint density at radius 2 is 1.85 bits per heavy atom. The van der Waals surface area contributed by atoms with Crippen molar-refractivity contribution in [2.45, 2.75) is 71.8 Å². The van der Waals surface area contributed by atoms with Gasteiger partial charge in [-0.3, -0.25) is 4.79 Å². The summed E-state index contributed by atoms with van der Waals surface area (Å²) in [7, 11) is 0. The van der Waals surface area contributed by atoms with Crippen molar-refractivity contribution >= 4 is 5.97 Å². The number of carboxylic acid groups (broad SMARTS) is 1. The topological polar surface area (TPSA) is 40.5 Å². The molecule has 3 atom stereocenters. The zero-order valence-corrected chi connectivity index (χ0v) is 13.4. The van der Waals surface area contributed by atoms with Gasteiger partial charge < -0.3 is 10.0 Å². The standard InChI is InChI=1S/C17H31NO2/c1-13-6-4-8-15(10-9-13)18-11-5-7-14(12-18)17(2,3)16(19)20/h13-15H,4-12H2,1-3H3,(H,19,20). The summed E-state index contributed by atoms with van der Waals surface area (Å²) in [5.41, 5.74) is -0.587. The first kappa shape index (κ1) is 15.8. The summed E-state index contributed by atoms with van der Waals surface area (Å²) in [6.45, 7) is 8.33. The molecule has 0 spiro atoms. The van der Waals surface area contributed by atoms with Crippen LogP contribution in [0.1, 0.15) is 65.7 Å². The van der Waals surface area contributed by atoms with E-state index in [1.807, 2.05) is 13.8 Å². The number of hydrogen-bond donors (Lipinski definition) is 1. The van der Waals surface area contributed by atoms with Gasteiger partial charge in [-0.1, -0.05) is 19.8 Å². The molecule has 2 aliphatic rings. The molecule has 3 nitrogen and oxygen atoms in total. The van der Waals surface area contributed by atoms with Gasteiger partial charge >= 0.3 is 5.97 Å². The van der Waals surface area contributed by atoms with Crippen LogP contribution in [0.4, 0.5) is 0 Å². The predicted octanol–water partition coefficient (Wildman–Crippen LogP) is 3.78. The Morgan fingerprint density at radius 1 is 1.10 bits per heavy atom. The number of carboxylic acids is 1. The second-order valence-electron chi connectivity index (χ2n) is 7.63. The molecular formula is C17H31NO2. The van der Waals surface area contributed by atoms with Crippen LogP contribution in [-0.4, -0.2) is 35.1 Å². The number of likely N-dealkylation sites (tertiary alicyclic amines) is 1. The Labute approximate surface area is 123 Å². The smallest absolute Gasteiger partial charge is 0.309 e. The first-order valence-corrected chi connectivity index (χ1v) is 8.38. The van der Waals surface area contributed by atoms with Crippen LogP contribution in [0.2, 0.25) is 0 Å². The SMILES string of the molecule is CC1CCCC(N2CCCC(C(C)(C)C(=O)O)C2)CC1. The molecule has 0 radical (unpaired) electrons. The molecular weight excluding hydrogens is 250 g/mol. The van der Waals surface area contributed by atoms with Crippen LogP contribution in [0, 0.1) is 17.3 Å². The van der Waals surface area contributed by atoms with Gasteiger partial charge in [0, 0.05) is 12.6 Å². The number of nitrogens with zero attached hydrogens (tertiary/aromatic N) is 1. The molecule has 0 bridgehead atoms. The maximum atomic E-state index is 11.5. The molecule has 3 heteroatoms. The Balaban J connectivity index is 1.98. The molecule has 116 valence electrons. The third-order valence-corrected chi connectivity index (χ3v) is 5.77. The molecule has 1 heterocycles. The fourth-order valence-corrected chi connectivity index (χ4v) is 3.93. The molecule has 1 aliphatic heterocycles. The second kappa shape index (κ2) is 6.46. The molecule has 1 N–H and O–H groups in total. The Kier molecular flexibility index (Phi) is 5.11. The number of carbonyl (C=O) groups is 1. The number of rotatable bonds is 3. The Bertz CT molecular complexity index is 340. The maximum Gasteiger partial charge on any atom is 0.309 e. The molecule has 2 rings (SSSR count). The summed E-state index contributed by atoms with van der Waals surface area (Å²) in [6, 6.07) is 0.701. The number of aliphatic carboxylic acids is 1. The van der Waals surface area contributed by atoms with Gasteiger partial charge in [0.25, 0.3) is 0 Å². The van der Waals surface area contributed by atoms with Crippen molar-refractivity contribution in [2.75, 3.05) is 13.1 Å². The average molecular weight is 281 g/mol. The summed E-state index contributed by atoms with van der Waals surface area (Å²) in [4.78, 5) is 14.1. The number of piperidine rings is 1. The molecule has 3 unspecified atom stereocenters. The summed E-state index contributed by atoms with van der Waals surface area (Å²) in [6.07, 6.45) is 8.90. The van der Waals surface area contributed by atoms with E-state index in [4.69, 9.17) is 0 Å². The third kappa shape index (κ3) is 3.55. The normalized spacial score (nSPS) is 33.6. The van der Waals surface area contributed by atoms with Crippen molar-refractivity contribution in [3.63, 3.8) is 0 Å². The Morgan fingerprint density at radius 3 is 2.55 bits per heavy atom. The van der Waals surface area contributed by atoms with Crippen LogP contribution in [0.25, 0.3) is 0 Å². The Hall–Kier alpha value is -0.570. The van der Waals surface area contributed by atoms with E-state index in [1.54, 1.807) is 0 Å². The van der Waals surface area contributed by atoms with Crippen LogP contribution in [0.3, 0.4) is 0 Å². The van der Waals surface area contributed by atoms with Crippen molar-refractivity contribution in [3.8, 4) is 0 Å². The first-order chi connectivity index (χ1) is 9.41. The van der Waals surface area contributed by atoms with Crippen molar-refractivity contribution in [1.29, 1.82) is 0 Å². The van der Waals surface area contributed by atoms with Gasteiger partial charge in [-0.05, 0) is 64.3 Å². The van der Waals surface area contributed by atoms with Crippen molar-refractivity contribution in [1.82, 2.24) is 4.90 Å². The molecule has 0 aromatic carbocycles. The van der Waals surface area contributed by atoms with Crippen LogP contribution in [-0.2, 0) is 4.79 Å². The monoisotopic (exact) mass is 281 g/mol. The minimum Gasteiger partial charge on any atom is -0.481 e. The average Bonchev–Trinajstić information content (AvgIpc) is 2.63. The second-order valence-corrected chi connectivity index (χ2v) is 7.63. The molecule has 0 aromatic rings. The van der Waals surface area contributed by atoms with E-state index in [0.717, 1.165) is 25.3 Å². The van der Waals surface area contributed by atoms with Crippen LogP contribution in [0.15, 0.2) is 0 Å². The molecule has 0 aromatic heterocycles. The van der Waals surface area contributed by atoms with E-state index in [1.165, 1.54) is 38.6 Å². The van der Waals surface area contributed by atoms with Crippen molar-refractivity contribution in [2.24, 2.45) is 17.3 Å². The lowest BCUT2D eigenvalue weighted by Gasteiger charge is -2.42. The lowest BCUT2D eigenvalue weighted by atomic mass is 9.74. The largest absolute Gasteiger partial charge is 0.481 e. The lowest BCUT2D eigenvalue weighted by Crippen LogP contribution is -2.48. The van der Waals surface area contributed by atoms with E-state index >= 15 is 0 Å². The zero-order chi connectivity index (χ0) is 14.8. The van der Waals surface area contributed by atoms with Crippen molar-refractivity contribution in [3.05, 3.63) is 0 Å². The molecule has 2 fully saturated rings. The van der Waals surface area contributed by atoms with Gasteiger partial charge in [0.2, 0.25) is 0 Å². The zero-order valence-electron chi connectivity index (χ0n) is 13.4. The first-order valence-electron chi connectivity index (χ1n) is 8.38. The third-order valence-electron chi connectivity index (χ3n) is 5.77. The highest BCUT2D eigenvalue weighted by Crippen LogP contribution is 2.36. The number of hydrogen-bond acceptors (Lipinski definition) is 2. The van der Waals surface area contributed by atoms with Gasteiger partial charge in [-0.15, -0.1) is 0 Å². The van der Waals surface area contributed by atoms with E-state index in [0.29, 0.717) is 12.0 Å². The van der Waals surface area contributed by atoms with Crippen LogP contribution in [0.5, 0.6) is 0 Å². The quantitative estimate of drug-likeness (QED) is 0.800. The minimum atomic E-state index is -0.640. The van der Waals surface area contributed by atoms with E-state index < -0.39 is 11.4 Å². The minimum absolute atomic E-state index is 0.300. The summed E-state index contributed by atoms with van der Waals surface area (Å²) in [5, 5.41) is 9.45. The van der Waals surface area contributed by atoms with Gasteiger partial charge in [-0.25, -0.2) is 0 Å². The summed E-state index contributed by atoms with van der Waals surface area (Å²) < 4.78 is 0. The van der Waals surface area contributed by atoms with Gasteiger partial charge in [0.15, 0.2) is 0 Å². The highest BCUT2D eigenvalue weighted by Gasteiger charge is 2.40. The van der Waals surface area contributed by atoms with Gasteiger partial charge in [0.1, 0.15) is 0 Å².